The number of primary amides is 1. The minimum atomic E-state index is -0.468. The SMILES string of the molecule is CC(C)C[C@@H](C=CC(=O)N1CCc2ccccc21)N[C@@H](Cc1cccs1)C(N)=O. The van der Waals surface area contributed by atoms with Gasteiger partial charge >= 0.3 is 0 Å². The van der Waals surface area contributed by atoms with Crippen LogP contribution in [0.5, 0.6) is 0 Å². The van der Waals surface area contributed by atoms with E-state index in [0.29, 0.717) is 18.9 Å². The number of hydrogen-bond acceptors (Lipinski definition) is 4. The maximum Gasteiger partial charge on any atom is 0.250 e. The molecule has 1 aliphatic heterocycles. The van der Waals surface area contributed by atoms with Crippen molar-refractivity contribution in [3.63, 3.8) is 0 Å². The summed E-state index contributed by atoms with van der Waals surface area (Å²) in [5.41, 5.74) is 7.84. The molecule has 2 amide bonds. The van der Waals surface area contributed by atoms with Gasteiger partial charge in [-0.3, -0.25) is 14.9 Å². The van der Waals surface area contributed by atoms with Crippen LogP contribution in [0.15, 0.2) is 53.9 Å². The molecule has 29 heavy (non-hydrogen) atoms. The number of para-hydroxylation sites is 1. The Labute approximate surface area is 176 Å². The fourth-order valence-corrected chi connectivity index (χ4v) is 4.45. The summed E-state index contributed by atoms with van der Waals surface area (Å²) in [6.45, 7) is 4.95. The highest BCUT2D eigenvalue weighted by molar-refractivity contribution is 7.09. The number of carbonyl (C=O) groups excluding carboxylic acids is 2. The van der Waals surface area contributed by atoms with Gasteiger partial charge in [-0.05, 0) is 41.8 Å². The summed E-state index contributed by atoms with van der Waals surface area (Å²) >= 11 is 1.61. The van der Waals surface area contributed by atoms with Gasteiger partial charge in [-0.15, -0.1) is 11.3 Å². The zero-order chi connectivity index (χ0) is 20.8. The van der Waals surface area contributed by atoms with Crippen molar-refractivity contribution in [2.45, 2.75) is 45.2 Å². The zero-order valence-corrected chi connectivity index (χ0v) is 17.8. The van der Waals surface area contributed by atoms with E-state index in [0.717, 1.165) is 23.4 Å². The molecule has 2 atom stereocenters. The van der Waals surface area contributed by atoms with Gasteiger partial charge in [0.2, 0.25) is 5.91 Å². The van der Waals surface area contributed by atoms with E-state index in [1.807, 2.05) is 46.7 Å². The van der Waals surface area contributed by atoms with E-state index in [-0.39, 0.29) is 17.9 Å². The van der Waals surface area contributed by atoms with Crippen LogP contribution in [0, 0.1) is 5.92 Å². The monoisotopic (exact) mass is 411 g/mol. The normalized spacial score (nSPS) is 15.6. The van der Waals surface area contributed by atoms with E-state index in [9.17, 15) is 9.59 Å². The fraction of sp³-hybridized carbons (Fsp3) is 0.391. The molecule has 6 heteroatoms. The highest BCUT2D eigenvalue weighted by Crippen LogP contribution is 2.27. The number of nitrogens with one attached hydrogen (secondary N) is 1. The lowest BCUT2D eigenvalue weighted by Gasteiger charge is -2.23. The first-order chi connectivity index (χ1) is 13.9. The maximum atomic E-state index is 12.8. The summed E-state index contributed by atoms with van der Waals surface area (Å²) in [5, 5.41) is 5.35. The largest absolute Gasteiger partial charge is 0.368 e. The van der Waals surface area contributed by atoms with E-state index in [4.69, 9.17) is 5.73 Å². The number of benzene rings is 1. The Bertz CT molecular complexity index is 861. The van der Waals surface area contributed by atoms with Gasteiger partial charge in [0, 0.05) is 35.6 Å². The Morgan fingerprint density at radius 2 is 2.03 bits per heavy atom. The van der Waals surface area contributed by atoms with Crippen molar-refractivity contribution in [3.8, 4) is 0 Å². The van der Waals surface area contributed by atoms with Crippen LogP contribution < -0.4 is 16.0 Å². The average Bonchev–Trinajstić information content (AvgIpc) is 3.34. The fourth-order valence-electron chi connectivity index (χ4n) is 3.70. The lowest BCUT2D eigenvalue weighted by molar-refractivity contribution is -0.120. The zero-order valence-electron chi connectivity index (χ0n) is 17.0. The summed E-state index contributed by atoms with van der Waals surface area (Å²) < 4.78 is 0. The number of nitrogens with zero attached hydrogens (tertiary/aromatic N) is 1. The third-order valence-corrected chi connectivity index (χ3v) is 5.99. The summed E-state index contributed by atoms with van der Waals surface area (Å²) in [4.78, 5) is 27.7. The van der Waals surface area contributed by atoms with E-state index in [1.54, 1.807) is 17.4 Å². The minimum Gasteiger partial charge on any atom is -0.368 e. The van der Waals surface area contributed by atoms with Crippen LogP contribution in [0.25, 0.3) is 0 Å². The van der Waals surface area contributed by atoms with Gasteiger partial charge in [-0.1, -0.05) is 44.2 Å². The van der Waals surface area contributed by atoms with Crippen molar-refractivity contribution >= 4 is 28.8 Å². The molecule has 0 radical (unpaired) electrons. The molecule has 0 unspecified atom stereocenters. The van der Waals surface area contributed by atoms with Crippen molar-refractivity contribution in [2.75, 3.05) is 11.4 Å². The Hall–Kier alpha value is -2.44. The van der Waals surface area contributed by atoms with E-state index in [2.05, 4.69) is 25.2 Å². The highest BCUT2D eigenvalue weighted by atomic mass is 32.1. The van der Waals surface area contributed by atoms with E-state index >= 15 is 0 Å². The molecule has 0 spiro atoms. The van der Waals surface area contributed by atoms with Crippen LogP contribution >= 0.6 is 11.3 Å². The van der Waals surface area contributed by atoms with Crippen molar-refractivity contribution in [2.24, 2.45) is 11.7 Å². The number of anilines is 1. The lowest BCUT2D eigenvalue weighted by atomic mass is 10.0. The molecule has 3 rings (SSSR count). The Morgan fingerprint density at radius 3 is 2.72 bits per heavy atom. The standard InChI is InChI=1S/C23H29N3O2S/c1-16(2)14-18(25-20(23(24)28)15-19-7-5-13-29-19)9-10-22(27)26-12-11-17-6-3-4-8-21(17)26/h3-10,13,16,18,20,25H,11-12,14-15H2,1-2H3,(H2,24,28)/t18-,20+/m1/s1. The summed E-state index contributed by atoms with van der Waals surface area (Å²) in [6.07, 6.45) is 5.77. The maximum absolute atomic E-state index is 12.8. The summed E-state index contributed by atoms with van der Waals surface area (Å²) in [7, 11) is 0. The molecule has 3 N–H and O–H groups in total. The number of thiophene rings is 1. The van der Waals surface area contributed by atoms with Crippen LogP contribution in [0.1, 0.15) is 30.7 Å². The van der Waals surface area contributed by atoms with Crippen LogP contribution in [-0.2, 0) is 22.4 Å². The van der Waals surface area contributed by atoms with Gasteiger partial charge in [-0.2, -0.15) is 0 Å². The number of nitrogens with two attached hydrogens (primary N) is 1. The number of carbonyl (C=O) groups is 2. The molecule has 2 heterocycles. The topological polar surface area (TPSA) is 75.4 Å². The number of fused-ring (bicyclic) bond motifs is 1. The second-order valence-corrected chi connectivity index (χ2v) is 8.90. The van der Waals surface area contributed by atoms with Crippen molar-refractivity contribution in [1.82, 2.24) is 5.32 Å². The van der Waals surface area contributed by atoms with Gasteiger partial charge in [0.1, 0.15) is 0 Å². The molecule has 1 aromatic heterocycles. The van der Waals surface area contributed by atoms with Crippen molar-refractivity contribution in [1.29, 1.82) is 0 Å². The third kappa shape index (κ3) is 5.78. The smallest absolute Gasteiger partial charge is 0.250 e. The van der Waals surface area contributed by atoms with E-state index in [1.165, 1.54) is 5.56 Å². The molecular weight excluding hydrogens is 382 g/mol. The quantitative estimate of drug-likeness (QED) is 0.622. The first-order valence-corrected chi connectivity index (χ1v) is 11.0. The molecule has 0 aliphatic carbocycles. The molecule has 5 nitrogen and oxygen atoms in total. The summed E-state index contributed by atoms with van der Waals surface area (Å²) in [6, 6.07) is 11.4. The molecule has 0 saturated carbocycles. The predicted octanol–water partition coefficient (Wildman–Crippen LogP) is 3.29. The molecule has 0 saturated heterocycles. The Kier molecular flexibility index (Phi) is 7.23. The first-order valence-electron chi connectivity index (χ1n) is 10.1. The van der Waals surface area contributed by atoms with Crippen LogP contribution in [0.3, 0.4) is 0 Å². The van der Waals surface area contributed by atoms with Gasteiger partial charge in [-0.25, -0.2) is 0 Å². The second kappa shape index (κ2) is 9.85. The Morgan fingerprint density at radius 1 is 1.24 bits per heavy atom. The highest BCUT2D eigenvalue weighted by Gasteiger charge is 2.24. The molecule has 1 aliphatic rings. The Balaban J connectivity index is 1.69. The second-order valence-electron chi connectivity index (χ2n) is 7.87. The summed E-state index contributed by atoms with van der Waals surface area (Å²) in [5.74, 6) is 0.00905. The number of hydrogen-bond donors (Lipinski definition) is 2. The molecule has 0 fully saturated rings. The number of amides is 2. The van der Waals surface area contributed by atoms with Gasteiger partial charge < -0.3 is 10.6 Å². The molecule has 154 valence electrons. The van der Waals surface area contributed by atoms with Gasteiger partial charge in [0.25, 0.3) is 5.91 Å². The molecular formula is C23H29N3O2S. The molecule has 1 aromatic carbocycles. The van der Waals surface area contributed by atoms with Crippen LogP contribution in [0.4, 0.5) is 5.69 Å². The molecule has 2 aromatic rings. The minimum absolute atomic E-state index is 0.0283. The first kappa shape index (κ1) is 21.3. The van der Waals surface area contributed by atoms with Crippen LogP contribution in [-0.4, -0.2) is 30.4 Å². The third-order valence-electron chi connectivity index (χ3n) is 5.09. The van der Waals surface area contributed by atoms with Gasteiger partial charge in [0.15, 0.2) is 0 Å². The van der Waals surface area contributed by atoms with Gasteiger partial charge in [0.05, 0.1) is 6.04 Å². The predicted molar refractivity (Wildman–Crippen MR) is 119 cm³/mol. The average molecular weight is 412 g/mol. The van der Waals surface area contributed by atoms with Crippen molar-refractivity contribution in [3.05, 3.63) is 64.4 Å². The van der Waals surface area contributed by atoms with Crippen LogP contribution in [0.2, 0.25) is 0 Å². The van der Waals surface area contributed by atoms with Crippen molar-refractivity contribution < 1.29 is 9.59 Å². The lowest BCUT2D eigenvalue weighted by Crippen LogP contribution is -2.47. The number of rotatable bonds is 9. The molecule has 0 bridgehead atoms. The van der Waals surface area contributed by atoms with E-state index < -0.39 is 6.04 Å².